The number of hydrogen-bond donors (Lipinski definition) is 1. The predicted molar refractivity (Wildman–Crippen MR) is 79.2 cm³/mol. The molecule has 2 rings (SSSR count). The summed E-state index contributed by atoms with van der Waals surface area (Å²) in [5.74, 6) is 0. The Bertz CT molecular complexity index is 591. The number of sulfonamides is 1. The minimum atomic E-state index is -3.63. The van der Waals surface area contributed by atoms with Gasteiger partial charge in [-0.05, 0) is 31.5 Å². The second-order valence-electron chi connectivity index (χ2n) is 4.96. The molecule has 1 heterocycles. The molecule has 1 saturated heterocycles. The van der Waals surface area contributed by atoms with Gasteiger partial charge >= 0.3 is 0 Å². The number of benzene rings is 1. The highest BCUT2D eigenvalue weighted by molar-refractivity contribution is 7.89. The van der Waals surface area contributed by atoms with Crippen LogP contribution in [0.25, 0.3) is 0 Å². The van der Waals surface area contributed by atoms with Gasteiger partial charge in [-0.15, -0.1) is 0 Å². The zero-order valence-corrected chi connectivity index (χ0v) is 13.1. The minimum absolute atomic E-state index is 0.106. The smallest absolute Gasteiger partial charge is 0.245 e. The summed E-state index contributed by atoms with van der Waals surface area (Å²) in [4.78, 5) is 0.106. The van der Waals surface area contributed by atoms with Crippen LogP contribution in [-0.4, -0.2) is 38.0 Å². The van der Waals surface area contributed by atoms with Crippen LogP contribution in [0.2, 0.25) is 5.02 Å². The van der Waals surface area contributed by atoms with Crippen LogP contribution in [0, 0.1) is 0 Å². The average molecular weight is 319 g/mol. The van der Waals surface area contributed by atoms with Gasteiger partial charge in [-0.2, -0.15) is 4.31 Å². The van der Waals surface area contributed by atoms with E-state index in [1.54, 1.807) is 0 Å². The van der Waals surface area contributed by atoms with Crippen molar-refractivity contribution in [1.29, 1.82) is 0 Å². The average Bonchev–Trinajstić information content (AvgIpc) is 2.38. The van der Waals surface area contributed by atoms with Crippen LogP contribution >= 0.6 is 11.6 Å². The van der Waals surface area contributed by atoms with E-state index in [4.69, 9.17) is 22.1 Å². The van der Waals surface area contributed by atoms with Crippen molar-refractivity contribution >= 4 is 27.3 Å². The lowest BCUT2D eigenvalue weighted by Gasteiger charge is -2.37. The first-order valence-electron chi connectivity index (χ1n) is 6.54. The third-order valence-corrected chi connectivity index (χ3v) is 5.67. The number of morpholine rings is 1. The lowest BCUT2D eigenvalue weighted by Crippen LogP contribution is -2.51. The van der Waals surface area contributed by atoms with E-state index < -0.39 is 10.0 Å². The molecule has 1 fully saturated rings. The monoisotopic (exact) mass is 318 g/mol. The highest BCUT2D eigenvalue weighted by Gasteiger charge is 2.36. The fourth-order valence-electron chi connectivity index (χ4n) is 2.31. The number of nitrogens with zero attached hydrogens (tertiary/aromatic N) is 1. The first-order valence-corrected chi connectivity index (χ1v) is 8.36. The van der Waals surface area contributed by atoms with E-state index in [1.807, 2.05) is 13.8 Å². The Labute approximate surface area is 124 Å². The SMILES string of the molecule is CCC1COC(C)CN1S(=O)(=O)c1ccc(Cl)cc1N. The Morgan fingerprint density at radius 1 is 1.50 bits per heavy atom. The zero-order chi connectivity index (χ0) is 14.9. The molecule has 1 aromatic rings. The number of anilines is 1. The van der Waals surface area contributed by atoms with Gasteiger partial charge in [-0.1, -0.05) is 18.5 Å². The molecule has 2 N–H and O–H groups in total. The normalized spacial score (nSPS) is 24.8. The van der Waals surface area contributed by atoms with E-state index in [0.717, 1.165) is 0 Å². The summed E-state index contributed by atoms with van der Waals surface area (Å²) in [6.07, 6.45) is 0.570. The van der Waals surface area contributed by atoms with Crippen molar-refractivity contribution in [3.63, 3.8) is 0 Å². The molecule has 0 aromatic heterocycles. The van der Waals surface area contributed by atoms with Crippen molar-refractivity contribution in [2.24, 2.45) is 0 Å². The summed E-state index contributed by atoms with van der Waals surface area (Å²) < 4.78 is 32.6. The Morgan fingerprint density at radius 2 is 2.20 bits per heavy atom. The van der Waals surface area contributed by atoms with Crippen LogP contribution in [0.5, 0.6) is 0 Å². The Balaban J connectivity index is 2.42. The molecule has 1 aromatic carbocycles. The number of nitrogens with two attached hydrogens (primary N) is 1. The maximum absolute atomic E-state index is 12.8. The number of nitrogen functional groups attached to an aromatic ring is 1. The van der Waals surface area contributed by atoms with Crippen molar-refractivity contribution in [2.75, 3.05) is 18.9 Å². The van der Waals surface area contributed by atoms with E-state index in [1.165, 1.54) is 22.5 Å². The zero-order valence-electron chi connectivity index (χ0n) is 11.5. The van der Waals surface area contributed by atoms with E-state index in [0.29, 0.717) is 24.6 Å². The molecule has 0 spiro atoms. The van der Waals surface area contributed by atoms with Crippen LogP contribution in [-0.2, 0) is 14.8 Å². The number of hydrogen-bond acceptors (Lipinski definition) is 4. The molecule has 7 heteroatoms. The molecule has 0 saturated carbocycles. The largest absolute Gasteiger partial charge is 0.398 e. The standard InChI is InChI=1S/C13H19ClN2O3S/c1-3-11-8-19-9(2)7-16(11)20(17,18)13-5-4-10(14)6-12(13)15/h4-6,9,11H,3,7-8,15H2,1-2H3. The van der Waals surface area contributed by atoms with Gasteiger partial charge in [0.05, 0.1) is 18.4 Å². The van der Waals surface area contributed by atoms with E-state index in [2.05, 4.69) is 0 Å². The molecule has 1 aliphatic heterocycles. The highest BCUT2D eigenvalue weighted by atomic mass is 35.5. The topological polar surface area (TPSA) is 72.6 Å². The molecule has 0 bridgehead atoms. The predicted octanol–water partition coefficient (Wildman–Crippen LogP) is 2.11. The molecule has 2 unspecified atom stereocenters. The van der Waals surface area contributed by atoms with Crippen LogP contribution in [0.1, 0.15) is 20.3 Å². The van der Waals surface area contributed by atoms with Crippen LogP contribution in [0.3, 0.4) is 0 Å². The molecule has 112 valence electrons. The van der Waals surface area contributed by atoms with E-state index >= 15 is 0 Å². The number of ether oxygens (including phenoxy) is 1. The van der Waals surface area contributed by atoms with Crippen molar-refractivity contribution in [2.45, 2.75) is 37.3 Å². The van der Waals surface area contributed by atoms with Crippen molar-refractivity contribution in [3.8, 4) is 0 Å². The molecule has 2 atom stereocenters. The third kappa shape index (κ3) is 2.93. The summed E-state index contributed by atoms with van der Waals surface area (Å²) in [5.41, 5.74) is 5.99. The van der Waals surface area contributed by atoms with Gasteiger partial charge in [0.15, 0.2) is 0 Å². The Hall–Kier alpha value is -0.820. The maximum Gasteiger partial charge on any atom is 0.245 e. The maximum atomic E-state index is 12.8. The lowest BCUT2D eigenvalue weighted by molar-refractivity contribution is -0.0230. The second kappa shape index (κ2) is 5.89. The van der Waals surface area contributed by atoms with Crippen LogP contribution < -0.4 is 5.73 Å². The van der Waals surface area contributed by atoms with Gasteiger partial charge in [0.1, 0.15) is 4.90 Å². The summed E-state index contributed by atoms with van der Waals surface area (Å²) in [6, 6.07) is 4.29. The molecule has 0 radical (unpaired) electrons. The van der Waals surface area contributed by atoms with Crippen LogP contribution in [0.15, 0.2) is 23.1 Å². The quantitative estimate of drug-likeness (QED) is 0.866. The van der Waals surface area contributed by atoms with E-state index in [9.17, 15) is 8.42 Å². The fraction of sp³-hybridized carbons (Fsp3) is 0.538. The summed E-state index contributed by atoms with van der Waals surface area (Å²) >= 11 is 5.82. The summed E-state index contributed by atoms with van der Waals surface area (Å²) in [5, 5.41) is 0.420. The van der Waals surface area contributed by atoms with Crippen molar-refractivity contribution < 1.29 is 13.2 Å². The first-order chi connectivity index (χ1) is 9.36. The molecule has 20 heavy (non-hydrogen) atoms. The summed E-state index contributed by atoms with van der Waals surface area (Å²) in [7, 11) is -3.63. The van der Waals surface area contributed by atoms with Gasteiger partial charge in [0.25, 0.3) is 0 Å². The van der Waals surface area contributed by atoms with Gasteiger partial charge in [0, 0.05) is 17.6 Å². The molecular formula is C13H19ClN2O3S. The summed E-state index contributed by atoms with van der Waals surface area (Å²) in [6.45, 7) is 4.55. The second-order valence-corrected chi connectivity index (χ2v) is 7.26. The molecule has 1 aliphatic rings. The Morgan fingerprint density at radius 3 is 2.80 bits per heavy atom. The van der Waals surface area contributed by atoms with Gasteiger partial charge in [0.2, 0.25) is 10.0 Å². The molecular weight excluding hydrogens is 300 g/mol. The molecule has 5 nitrogen and oxygen atoms in total. The Kier molecular flexibility index (Phi) is 4.59. The minimum Gasteiger partial charge on any atom is -0.398 e. The van der Waals surface area contributed by atoms with Crippen molar-refractivity contribution in [1.82, 2.24) is 4.31 Å². The number of halogens is 1. The fourth-order valence-corrected chi connectivity index (χ4v) is 4.35. The molecule has 0 amide bonds. The third-order valence-electron chi connectivity index (χ3n) is 3.45. The number of rotatable bonds is 3. The van der Waals surface area contributed by atoms with Gasteiger partial charge in [-0.25, -0.2) is 8.42 Å². The van der Waals surface area contributed by atoms with E-state index in [-0.39, 0.29) is 22.7 Å². The molecule has 0 aliphatic carbocycles. The van der Waals surface area contributed by atoms with Crippen molar-refractivity contribution in [3.05, 3.63) is 23.2 Å². The lowest BCUT2D eigenvalue weighted by atomic mass is 10.2. The first kappa shape index (κ1) is 15.6. The van der Waals surface area contributed by atoms with Gasteiger partial charge in [-0.3, -0.25) is 0 Å². The van der Waals surface area contributed by atoms with Crippen LogP contribution in [0.4, 0.5) is 5.69 Å². The highest BCUT2D eigenvalue weighted by Crippen LogP contribution is 2.29. The van der Waals surface area contributed by atoms with Gasteiger partial charge < -0.3 is 10.5 Å².